The number of H-pyrrole nitrogens is 1. The van der Waals surface area contributed by atoms with Gasteiger partial charge in [-0.2, -0.15) is 0 Å². The van der Waals surface area contributed by atoms with Crippen LogP contribution in [0.25, 0.3) is 11.0 Å². The van der Waals surface area contributed by atoms with Crippen molar-refractivity contribution in [2.75, 3.05) is 0 Å². The summed E-state index contributed by atoms with van der Waals surface area (Å²) in [6.45, 7) is 0.278. The van der Waals surface area contributed by atoms with Crippen LogP contribution < -0.4 is 5.56 Å². The maximum absolute atomic E-state index is 12.2. The molecule has 2 heterocycles. The highest BCUT2D eigenvalue weighted by Gasteiger charge is 2.13. The zero-order chi connectivity index (χ0) is 18.8. The Balaban J connectivity index is 1.59. The van der Waals surface area contributed by atoms with Gasteiger partial charge >= 0.3 is 0 Å². The Morgan fingerprint density at radius 1 is 1.15 bits per heavy atom. The highest BCUT2D eigenvalue weighted by Crippen LogP contribution is 2.22. The highest BCUT2D eigenvalue weighted by atomic mass is 127. The second-order valence-electron chi connectivity index (χ2n) is 5.78. The van der Waals surface area contributed by atoms with Crippen LogP contribution in [0.5, 0.6) is 0 Å². The normalized spacial score (nSPS) is 11.2. The van der Waals surface area contributed by atoms with Gasteiger partial charge in [-0.25, -0.2) is 9.67 Å². The average Bonchev–Trinajstić information content (AvgIpc) is 3.08. The lowest BCUT2D eigenvalue weighted by Crippen LogP contribution is -2.15. The van der Waals surface area contributed by atoms with Gasteiger partial charge in [0, 0.05) is 9.32 Å². The molecule has 0 atom stereocenters. The summed E-state index contributed by atoms with van der Waals surface area (Å²) in [4.78, 5) is 19.5. The van der Waals surface area contributed by atoms with Gasteiger partial charge in [0.05, 0.1) is 17.8 Å². The van der Waals surface area contributed by atoms with Crippen LogP contribution in [0.4, 0.5) is 0 Å². The van der Waals surface area contributed by atoms with Crippen molar-refractivity contribution in [1.82, 2.24) is 25.0 Å². The SMILES string of the molecule is O=c1[nH]c(SCc2ccc(I)cc2)nc(Cn2nnc3ccccc32)c1Cl. The van der Waals surface area contributed by atoms with Crippen molar-refractivity contribution < 1.29 is 0 Å². The smallest absolute Gasteiger partial charge is 0.270 e. The van der Waals surface area contributed by atoms with Crippen molar-refractivity contribution in [2.24, 2.45) is 0 Å². The fourth-order valence-corrected chi connectivity index (χ4v) is 3.91. The Labute approximate surface area is 177 Å². The molecule has 9 heteroatoms. The summed E-state index contributed by atoms with van der Waals surface area (Å²) in [5, 5.41) is 8.87. The van der Waals surface area contributed by atoms with Crippen molar-refractivity contribution in [3.8, 4) is 0 Å². The molecule has 0 radical (unpaired) electrons. The summed E-state index contributed by atoms with van der Waals surface area (Å²) in [6.07, 6.45) is 0. The zero-order valence-electron chi connectivity index (χ0n) is 13.9. The maximum Gasteiger partial charge on any atom is 0.270 e. The van der Waals surface area contributed by atoms with Crippen molar-refractivity contribution in [3.05, 3.63) is 78.7 Å². The third-order valence-electron chi connectivity index (χ3n) is 3.92. The van der Waals surface area contributed by atoms with Crippen LogP contribution in [0.1, 0.15) is 11.3 Å². The Kier molecular flexibility index (Phi) is 5.46. The predicted molar refractivity (Wildman–Crippen MR) is 115 cm³/mol. The molecule has 0 aliphatic rings. The average molecular weight is 510 g/mol. The molecule has 0 bridgehead atoms. The molecule has 4 aromatic rings. The van der Waals surface area contributed by atoms with Crippen molar-refractivity contribution in [3.63, 3.8) is 0 Å². The number of fused-ring (bicyclic) bond motifs is 1. The molecule has 2 aromatic heterocycles. The maximum atomic E-state index is 12.2. The molecule has 1 N–H and O–H groups in total. The molecule has 0 aliphatic heterocycles. The fraction of sp³-hybridized carbons (Fsp3) is 0.111. The summed E-state index contributed by atoms with van der Waals surface area (Å²) in [5.41, 5.74) is 2.93. The van der Waals surface area contributed by atoms with Gasteiger partial charge in [-0.1, -0.05) is 52.8 Å². The minimum absolute atomic E-state index is 0.0770. The Morgan fingerprint density at radius 2 is 1.93 bits per heavy atom. The van der Waals surface area contributed by atoms with Crippen LogP contribution in [0.3, 0.4) is 0 Å². The summed E-state index contributed by atoms with van der Waals surface area (Å²) in [7, 11) is 0. The standard InChI is InChI=1S/C18H13ClIN5OS/c19-16-14(9-25-15-4-2-1-3-13(15)23-24-25)21-18(22-17(16)26)27-10-11-5-7-12(20)8-6-11/h1-8H,9-10H2,(H,21,22,26). The monoisotopic (exact) mass is 509 g/mol. The van der Waals surface area contributed by atoms with Crippen LogP contribution in [-0.4, -0.2) is 25.0 Å². The molecule has 0 saturated carbocycles. The van der Waals surface area contributed by atoms with E-state index in [2.05, 4.69) is 67.1 Å². The topological polar surface area (TPSA) is 76.5 Å². The number of rotatable bonds is 5. The molecular weight excluding hydrogens is 497 g/mol. The van der Waals surface area contributed by atoms with Gasteiger partial charge in [0.1, 0.15) is 10.5 Å². The highest BCUT2D eigenvalue weighted by molar-refractivity contribution is 14.1. The summed E-state index contributed by atoms with van der Waals surface area (Å²) in [5.74, 6) is 0.702. The molecule has 0 aliphatic carbocycles. The lowest BCUT2D eigenvalue weighted by molar-refractivity contribution is 0.648. The third kappa shape index (κ3) is 4.17. The molecular formula is C18H13ClIN5OS. The molecule has 27 heavy (non-hydrogen) atoms. The van der Waals surface area contributed by atoms with Gasteiger partial charge in [-0.3, -0.25) is 4.79 Å². The first kappa shape index (κ1) is 18.5. The largest absolute Gasteiger partial charge is 0.300 e. The lowest BCUT2D eigenvalue weighted by atomic mass is 10.2. The summed E-state index contributed by atoms with van der Waals surface area (Å²) in [6, 6.07) is 15.8. The van der Waals surface area contributed by atoms with Crippen LogP contribution in [0.2, 0.25) is 5.02 Å². The van der Waals surface area contributed by atoms with Crippen LogP contribution in [0, 0.1) is 3.57 Å². The number of nitrogens with zero attached hydrogens (tertiary/aromatic N) is 4. The van der Waals surface area contributed by atoms with E-state index in [9.17, 15) is 4.79 Å². The van der Waals surface area contributed by atoms with Gasteiger partial charge in [-0.05, 0) is 52.4 Å². The number of aromatic nitrogens is 5. The molecule has 0 fully saturated rings. The molecule has 2 aromatic carbocycles. The number of para-hydroxylation sites is 1. The number of nitrogens with one attached hydrogen (secondary N) is 1. The molecule has 0 spiro atoms. The number of aromatic amines is 1. The lowest BCUT2D eigenvalue weighted by Gasteiger charge is -2.07. The summed E-state index contributed by atoms with van der Waals surface area (Å²) < 4.78 is 2.87. The molecule has 6 nitrogen and oxygen atoms in total. The fourth-order valence-electron chi connectivity index (χ4n) is 2.56. The first-order valence-electron chi connectivity index (χ1n) is 8.04. The second kappa shape index (κ2) is 7.99. The van der Waals surface area contributed by atoms with Gasteiger partial charge < -0.3 is 4.98 Å². The van der Waals surface area contributed by atoms with E-state index in [4.69, 9.17) is 11.6 Å². The van der Waals surface area contributed by atoms with Crippen molar-refractivity contribution >= 4 is 57.0 Å². The number of thioether (sulfide) groups is 1. The quantitative estimate of drug-likeness (QED) is 0.249. The van der Waals surface area contributed by atoms with E-state index < -0.39 is 0 Å². The first-order valence-corrected chi connectivity index (χ1v) is 10.5. The van der Waals surface area contributed by atoms with Crippen molar-refractivity contribution in [2.45, 2.75) is 17.5 Å². The molecule has 0 unspecified atom stereocenters. The van der Waals surface area contributed by atoms with Gasteiger partial charge in [-0.15, -0.1) is 5.10 Å². The van der Waals surface area contributed by atoms with Gasteiger partial charge in [0.25, 0.3) is 5.56 Å². The van der Waals surface area contributed by atoms with E-state index in [-0.39, 0.29) is 17.1 Å². The summed E-state index contributed by atoms with van der Waals surface area (Å²) >= 11 is 9.92. The number of halogens is 2. The third-order valence-corrected chi connectivity index (χ3v) is 5.97. The van der Waals surface area contributed by atoms with Gasteiger partial charge in [0.15, 0.2) is 5.16 Å². The van der Waals surface area contributed by atoms with Crippen LogP contribution in [-0.2, 0) is 12.3 Å². The van der Waals surface area contributed by atoms with E-state index in [1.807, 2.05) is 24.3 Å². The van der Waals surface area contributed by atoms with Gasteiger partial charge in [0.2, 0.25) is 0 Å². The zero-order valence-corrected chi connectivity index (χ0v) is 17.6. The number of benzene rings is 2. The van der Waals surface area contributed by atoms with E-state index >= 15 is 0 Å². The molecule has 136 valence electrons. The molecule has 0 amide bonds. The first-order chi connectivity index (χ1) is 13.1. The Morgan fingerprint density at radius 3 is 2.74 bits per heavy atom. The number of hydrogen-bond acceptors (Lipinski definition) is 5. The van der Waals surface area contributed by atoms with E-state index in [0.29, 0.717) is 16.6 Å². The second-order valence-corrected chi connectivity index (χ2v) is 8.37. The predicted octanol–water partition coefficient (Wildman–Crippen LogP) is 4.11. The molecule has 0 saturated heterocycles. The van der Waals surface area contributed by atoms with Crippen molar-refractivity contribution in [1.29, 1.82) is 0 Å². The minimum Gasteiger partial charge on any atom is -0.300 e. The Hall–Kier alpha value is -1.91. The minimum atomic E-state index is -0.351. The van der Waals surface area contributed by atoms with E-state index in [1.54, 1.807) is 4.68 Å². The van der Waals surface area contributed by atoms with Crippen LogP contribution >= 0.6 is 46.0 Å². The van der Waals surface area contributed by atoms with E-state index in [0.717, 1.165) is 16.6 Å². The van der Waals surface area contributed by atoms with Crippen LogP contribution in [0.15, 0.2) is 58.5 Å². The Bertz CT molecular complexity index is 1160. The van der Waals surface area contributed by atoms with E-state index in [1.165, 1.54) is 15.3 Å². The number of hydrogen-bond donors (Lipinski definition) is 1. The molecule has 4 rings (SSSR count).